The molecule has 2 amide bonds. The van der Waals surface area contributed by atoms with Crippen molar-refractivity contribution < 1.29 is 24.2 Å². The molecule has 0 unspecified atom stereocenters. The van der Waals surface area contributed by atoms with Gasteiger partial charge in [0.25, 0.3) is 6.47 Å². The minimum absolute atomic E-state index is 0.0243. The summed E-state index contributed by atoms with van der Waals surface area (Å²) in [6.45, 7) is 3.50. The molecular formula is C18H26N2O5. The molecule has 1 atom stereocenters. The first-order valence-corrected chi connectivity index (χ1v) is 8.24. The number of rotatable bonds is 7. The summed E-state index contributed by atoms with van der Waals surface area (Å²) in [5.41, 5.74) is 1.18. The summed E-state index contributed by atoms with van der Waals surface area (Å²) in [7, 11) is 1.64. The van der Waals surface area contributed by atoms with Crippen molar-refractivity contribution in [3.8, 4) is 0 Å². The van der Waals surface area contributed by atoms with Crippen LogP contribution in [0.5, 0.6) is 0 Å². The molecule has 1 heterocycles. The molecule has 1 saturated heterocycles. The van der Waals surface area contributed by atoms with Gasteiger partial charge in [0.1, 0.15) is 6.04 Å². The van der Waals surface area contributed by atoms with Crippen LogP contribution in [0.2, 0.25) is 0 Å². The molecule has 0 saturated carbocycles. The minimum Gasteiger partial charge on any atom is -0.483 e. The molecule has 1 fully saturated rings. The third-order valence-corrected chi connectivity index (χ3v) is 4.04. The molecule has 0 aromatic heterocycles. The maximum absolute atomic E-state index is 12.4. The zero-order valence-corrected chi connectivity index (χ0v) is 14.8. The number of piperazine rings is 1. The first-order valence-electron chi connectivity index (χ1n) is 8.24. The fourth-order valence-corrected chi connectivity index (χ4v) is 2.74. The molecule has 1 aromatic carbocycles. The molecule has 1 N–H and O–H groups in total. The number of carbonyl (C=O) groups excluding carboxylic acids is 2. The SMILES string of the molecule is COCCCN1C(=O)CN(CCc2ccccc2)C(=O)[C@@H]1C.O=CO. The third-order valence-electron chi connectivity index (χ3n) is 4.04. The number of carbonyl (C=O) groups is 3. The lowest BCUT2D eigenvalue weighted by Crippen LogP contribution is -2.59. The van der Waals surface area contributed by atoms with E-state index in [1.807, 2.05) is 37.3 Å². The Bertz CT molecular complexity index is 550. The number of nitrogens with zero attached hydrogens (tertiary/aromatic N) is 2. The Morgan fingerprint density at radius 1 is 1.24 bits per heavy atom. The highest BCUT2D eigenvalue weighted by molar-refractivity contribution is 5.94. The van der Waals surface area contributed by atoms with E-state index in [1.165, 1.54) is 5.56 Å². The molecule has 0 spiro atoms. The molecular weight excluding hydrogens is 324 g/mol. The molecule has 25 heavy (non-hydrogen) atoms. The van der Waals surface area contributed by atoms with Crippen LogP contribution in [0.1, 0.15) is 18.9 Å². The summed E-state index contributed by atoms with van der Waals surface area (Å²) in [6.07, 6.45) is 1.53. The van der Waals surface area contributed by atoms with Gasteiger partial charge < -0.3 is 19.6 Å². The Morgan fingerprint density at radius 2 is 1.88 bits per heavy atom. The van der Waals surface area contributed by atoms with E-state index in [0.717, 1.165) is 12.8 Å². The van der Waals surface area contributed by atoms with E-state index < -0.39 is 0 Å². The summed E-state index contributed by atoms with van der Waals surface area (Å²) in [5, 5.41) is 6.89. The summed E-state index contributed by atoms with van der Waals surface area (Å²) in [5.74, 6) is 0.0595. The lowest BCUT2D eigenvalue weighted by molar-refractivity contribution is -0.155. The Hall–Kier alpha value is -2.41. The van der Waals surface area contributed by atoms with Crippen LogP contribution in [0.15, 0.2) is 30.3 Å². The van der Waals surface area contributed by atoms with Gasteiger partial charge in [-0.25, -0.2) is 0 Å². The Balaban J connectivity index is 0.000000970. The van der Waals surface area contributed by atoms with Gasteiger partial charge in [-0.15, -0.1) is 0 Å². The van der Waals surface area contributed by atoms with Crippen LogP contribution in [-0.2, 0) is 25.5 Å². The topological polar surface area (TPSA) is 87.2 Å². The molecule has 2 rings (SSSR count). The third kappa shape index (κ3) is 6.54. The maximum atomic E-state index is 12.4. The van der Waals surface area contributed by atoms with E-state index in [0.29, 0.717) is 19.7 Å². The van der Waals surface area contributed by atoms with Gasteiger partial charge in [-0.3, -0.25) is 14.4 Å². The van der Waals surface area contributed by atoms with Crippen LogP contribution >= 0.6 is 0 Å². The maximum Gasteiger partial charge on any atom is 0.290 e. The fraction of sp³-hybridized carbons (Fsp3) is 0.500. The average Bonchev–Trinajstić information content (AvgIpc) is 2.61. The van der Waals surface area contributed by atoms with Crippen LogP contribution in [0.4, 0.5) is 0 Å². The number of carboxylic acid groups (broad SMARTS) is 1. The number of methoxy groups -OCH3 is 1. The standard InChI is InChI=1S/C17H24N2O3.CH2O2/c1-14-17(21)18(11-9-15-7-4-3-5-8-15)13-16(20)19(14)10-6-12-22-2;2-1-3/h3-5,7-8,14H,6,9-13H2,1-2H3;1H,(H,2,3)/t14-;/m0./s1. The molecule has 0 bridgehead atoms. The van der Waals surface area contributed by atoms with E-state index in [4.69, 9.17) is 14.6 Å². The summed E-state index contributed by atoms with van der Waals surface area (Å²) in [6, 6.07) is 9.64. The van der Waals surface area contributed by atoms with Gasteiger partial charge in [-0.05, 0) is 25.3 Å². The van der Waals surface area contributed by atoms with Crippen molar-refractivity contribution in [3.05, 3.63) is 35.9 Å². The molecule has 1 aromatic rings. The van der Waals surface area contributed by atoms with Crippen molar-refractivity contribution in [3.63, 3.8) is 0 Å². The van der Waals surface area contributed by atoms with Gasteiger partial charge in [-0.1, -0.05) is 30.3 Å². The van der Waals surface area contributed by atoms with Crippen LogP contribution < -0.4 is 0 Å². The number of amides is 2. The number of ether oxygens (including phenoxy) is 1. The molecule has 1 aliphatic heterocycles. The first kappa shape index (κ1) is 20.6. The van der Waals surface area contributed by atoms with Gasteiger partial charge in [0.05, 0.1) is 6.54 Å². The van der Waals surface area contributed by atoms with Crippen molar-refractivity contribution in [1.82, 2.24) is 9.80 Å². The average molecular weight is 350 g/mol. The molecule has 138 valence electrons. The second-order valence-corrected chi connectivity index (χ2v) is 5.71. The van der Waals surface area contributed by atoms with Crippen molar-refractivity contribution in [1.29, 1.82) is 0 Å². The molecule has 1 aliphatic rings. The number of benzene rings is 1. The Kier molecular flexibility index (Phi) is 9.24. The van der Waals surface area contributed by atoms with E-state index in [9.17, 15) is 9.59 Å². The van der Waals surface area contributed by atoms with Crippen molar-refractivity contribution in [2.24, 2.45) is 0 Å². The van der Waals surface area contributed by atoms with Gasteiger partial charge in [0.15, 0.2) is 0 Å². The van der Waals surface area contributed by atoms with Crippen molar-refractivity contribution >= 4 is 18.3 Å². The van der Waals surface area contributed by atoms with Gasteiger partial charge in [-0.2, -0.15) is 0 Å². The highest BCUT2D eigenvalue weighted by atomic mass is 16.5. The highest BCUT2D eigenvalue weighted by Crippen LogP contribution is 2.14. The zero-order valence-electron chi connectivity index (χ0n) is 14.8. The molecule has 7 nitrogen and oxygen atoms in total. The summed E-state index contributed by atoms with van der Waals surface area (Å²) < 4.78 is 5.01. The lowest BCUT2D eigenvalue weighted by Gasteiger charge is -2.38. The Morgan fingerprint density at radius 3 is 2.48 bits per heavy atom. The molecule has 0 aliphatic carbocycles. The summed E-state index contributed by atoms with van der Waals surface area (Å²) in [4.78, 5) is 36.4. The monoisotopic (exact) mass is 350 g/mol. The predicted molar refractivity (Wildman–Crippen MR) is 93.1 cm³/mol. The predicted octanol–water partition coefficient (Wildman–Crippen LogP) is 1.03. The van der Waals surface area contributed by atoms with Crippen molar-refractivity contribution in [2.75, 3.05) is 33.4 Å². The quantitative estimate of drug-likeness (QED) is 0.586. The smallest absolute Gasteiger partial charge is 0.290 e. The normalized spacial score (nSPS) is 17.1. The van der Waals surface area contributed by atoms with E-state index >= 15 is 0 Å². The highest BCUT2D eigenvalue weighted by Gasteiger charge is 2.35. The second kappa shape index (κ2) is 11.2. The van der Waals surface area contributed by atoms with E-state index in [-0.39, 0.29) is 30.9 Å². The van der Waals surface area contributed by atoms with E-state index in [1.54, 1.807) is 16.9 Å². The van der Waals surface area contributed by atoms with Crippen LogP contribution in [-0.4, -0.2) is 72.6 Å². The van der Waals surface area contributed by atoms with E-state index in [2.05, 4.69) is 0 Å². The minimum atomic E-state index is -0.381. The van der Waals surface area contributed by atoms with Gasteiger partial charge >= 0.3 is 0 Å². The number of hydrogen-bond donors (Lipinski definition) is 1. The second-order valence-electron chi connectivity index (χ2n) is 5.71. The van der Waals surface area contributed by atoms with Crippen LogP contribution in [0.25, 0.3) is 0 Å². The lowest BCUT2D eigenvalue weighted by atomic mass is 10.1. The largest absolute Gasteiger partial charge is 0.483 e. The number of hydrogen-bond acceptors (Lipinski definition) is 4. The van der Waals surface area contributed by atoms with Crippen LogP contribution in [0.3, 0.4) is 0 Å². The summed E-state index contributed by atoms with van der Waals surface area (Å²) >= 11 is 0. The Labute approximate surface area is 148 Å². The molecule has 0 radical (unpaired) electrons. The molecule has 7 heteroatoms. The van der Waals surface area contributed by atoms with Gasteiger partial charge in [0, 0.05) is 26.8 Å². The van der Waals surface area contributed by atoms with Crippen molar-refractivity contribution in [2.45, 2.75) is 25.8 Å². The van der Waals surface area contributed by atoms with Crippen LogP contribution in [0, 0.1) is 0 Å². The van der Waals surface area contributed by atoms with Gasteiger partial charge in [0.2, 0.25) is 11.8 Å². The zero-order chi connectivity index (χ0) is 18.7. The fourth-order valence-electron chi connectivity index (χ4n) is 2.74. The first-order chi connectivity index (χ1) is 12.0.